The van der Waals surface area contributed by atoms with E-state index in [4.69, 9.17) is 11.6 Å². The van der Waals surface area contributed by atoms with Crippen LogP contribution in [0.25, 0.3) is 0 Å². The van der Waals surface area contributed by atoms with Crippen LogP contribution >= 0.6 is 11.6 Å². The molecule has 2 amide bonds. The van der Waals surface area contributed by atoms with Crippen LogP contribution in [-0.4, -0.2) is 47.8 Å². The first-order valence-corrected chi connectivity index (χ1v) is 9.21. The second-order valence-electron chi connectivity index (χ2n) is 6.67. The van der Waals surface area contributed by atoms with Gasteiger partial charge in [-0.1, -0.05) is 29.8 Å². The predicted octanol–water partition coefficient (Wildman–Crippen LogP) is 4.03. The minimum absolute atomic E-state index is 0.0121. The van der Waals surface area contributed by atoms with E-state index in [9.17, 15) is 27.2 Å². The van der Waals surface area contributed by atoms with Crippen molar-refractivity contribution >= 4 is 23.4 Å². The number of nitrogens with zero attached hydrogens (tertiary/aromatic N) is 2. The van der Waals surface area contributed by atoms with E-state index in [2.05, 4.69) is 0 Å². The molecule has 0 spiro atoms. The average Bonchev–Trinajstić information content (AvgIpc) is 2.67. The number of rotatable bonds is 3. The first-order valence-electron chi connectivity index (χ1n) is 8.83. The smallest absolute Gasteiger partial charge is 0.339 e. The van der Waals surface area contributed by atoms with Crippen LogP contribution in [0.4, 0.5) is 17.6 Å². The van der Waals surface area contributed by atoms with Gasteiger partial charge < -0.3 is 9.80 Å². The van der Waals surface area contributed by atoms with E-state index in [1.54, 1.807) is 0 Å². The molecule has 4 nitrogen and oxygen atoms in total. The standard InChI is InChI=1S/C20H17ClF4N2O2/c21-17-12-15(22)4-5-16(17)19(29)27-8-6-26(7-9-27)18(28)11-13-2-1-3-14(10-13)20(23,24)25/h1-5,10,12H,6-9,11H2. The Morgan fingerprint density at radius 3 is 2.24 bits per heavy atom. The first-order chi connectivity index (χ1) is 13.6. The molecule has 1 saturated heterocycles. The first kappa shape index (κ1) is 21.1. The summed E-state index contributed by atoms with van der Waals surface area (Å²) in [5, 5.41) is 0.0121. The SMILES string of the molecule is O=C(Cc1cccc(C(F)(F)F)c1)N1CCN(C(=O)c2ccc(F)cc2Cl)CC1. The second kappa shape index (κ2) is 8.41. The highest BCUT2D eigenvalue weighted by Gasteiger charge is 2.31. The van der Waals surface area contributed by atoms with Gasteiger partial charge >= 0.3 is 6.18 Å². The maximum Gasteiger partial charge on any atom is 0.416 e. The lowest BCUT2D eigenvalue weighted by Crippen LogP contribution is -2.51. The third-order valence-corrected chi connectivity index (χ3v) is 5.00. The highest BCUT2D eigenvalue weighted by molar-refractivity contribution is 6.33. The highest BCUT2D eigenvalue weighted by atomic mass is 35.5. The number of carbonyl (C=O) groups is 2. The zero-order chi connectivity index (χ0) is 21.2. The van der Waals surface area contributed by atoms with Crippen molar-refractivity contribution in [2.75, 3.05) is 26.2 Å². The Balaban J connectivity index is 1.59. The van der Waals surface area contributed by atoms with Crippen molar-refractivity contribution in [3.63, 3.8) is 0 Å². The van der Waals surface area contributed by atoms with Gasteiger partial charge in [0, 0.05) is 26.2 Å². The number of carbonyl (C=O) groups excluding carboxylic acids is 2. The largest absolute Gasteiger partial charge is 0.416 e. The lowest BCUT2D eigenvalue weighted by molar-refractivity contribution is -0.138. The molecule has 9 heteroatoms. The van der Waals surface area contributed by atoms with E-state index in [0.717, 1.165) is 24.3 Å². The van der Waals surface area contributed by atoms with Crippen LogP contribution in [-0.2, 0) is 17.4 Å². The molecule has 3 rings (SSSR count). The molecule has 0 atom stereocenters. The van der Waals surface area contributed by atoms with Gasteiger partial charge in [0.1, 0.15) is 5.82 Å². The molecule has 0 bridgehead atoms. The van der Waals surface area contributed by atoms with E-state index < -0.39 is 17.6 Å². The van der Waals surface area contributed by atoms with E-state index in [1.165, 1.54) is 28.0 Å². The lowest BCUT2D eigenvalue weighted by atomic mass is 10.1. The molecular formula is C20H17ClF4N2O2. The summed E-state index contributed by atoms with van der Waals surface area (Å²) in [6.07, 6.45) is -4.62. The molecule has 0 saturated carbocycles. The van der Waals surface area contributed by atoms with Gasteiger partial charge in [-0.2, -0.15) is 13.2 Å². The summed E-state index contributed by atoms with van der Waals surface area (Å²) in [7, 11) is 0. The quantitative estimate of drug-likeness (QED) is 0.693. The molecule has 29 heavy (non-hydrogen) atoms. The molecule has 2 aromatic carbocycles. The fourth-order valence-corrected chi connectivity index (χ4v) is 3.38. The van der Waals surface area contributed by atoms with Crippen LogP contribution in [0.15, 0.2) is 42.5 Å². The third kappa shape index (κ3) is 5.06. The monoisotopic (exact) mass is 428 g/mol. The van der Waals surface area contributed by atoms with Crippen LogP contribution in [0.3, 0.4) is 0 Å². The molecule has 0 aliphatic carbocycles. The van der Waals surface area contributed by atoms with Gasteiger partial charge in [0.05, 0.1) is 22.6 Å². The lowest BCUT2D eigenvalue weighted by Gasteiger charge is -2.35. The van der Waals surface area contributed by atoms with Crippen molar-refractivity contribution in [2.45, 2.75) is 12.6 Å². The Hall–Kier alpha value is -2.61. The molecular weight excluding hydrogens is 412 g/mol. The normalized spacial score (nSPS) is 14.8. The van der Waals surface area contributed by atoms with Gasteiger partial charge in [-0.15, -0.1) is 0 Å². The summed E-state index contributed by atoms with van der Waals surface area (Å²) < 4.78 is 51.6. The Morgan fingerprint density at radius 1 is 0.966 bits per heavy atom. The van der Waals surface area contributed by atoms with Crippen molar-refractivity contribution in [3.05, 3.63) is 70.0 Å². The van der Waals surface area contributed by atoms with Gasteiger partial charge in [0.25, 0.3) is 5.91 Å². The number of amides is 2. The van der Waals surface area contributed by atoms with Crippen molar-refractivity contribution in [1.82, 2.24) is 9.80 Å². The van der Waals surface area contributed by atoms with Crippen molar-refractivity contribution in [1.29, 1.82) is 0 Å². The molecule has 1 fully saturated rings. The van der Waals surface area contributed by atoms with Gasteiger partial charge in [-0.05, 0) is 29.8 Å². The minimum atomic E-state index is -4.47. The van der Waals surface area contributed by atoms with Crippen LogP contribution in [0.2, 0.25) is 5.02 Å². The summed E-state index contributed by atoms with van der Waals surface area (Å²) in [5.74, 6) is -1.22. The van der Waals surface area contributed by atoms with Crippen molar-refractivity contribution in [2.24, 2.45) is 0 Å². The van der Waals surface area contributed by atoms with Gasteiger partial charge in [-0.3, -0.25) is 9.59 Å². The highest BCUT2D eigenvalue weighted by Crippen LogP contribution is 2.29. The van der Waals surface area contributed by atoms with E-state index in [1.807, 2.05) is 0 Å². The summed E-state index contributed by atoms with van der Waals surface area (Å²) in [5.41, 5.74) is -0.340. The van der Waals surface area contributed by atoms with Gasteiger partial charge in [0.2, 0.25) is 5.91 Å². The Labute approximate surface area is 169 Å². The minimum Gasteiger partial charge on any atom is -0.339 e. The molecule has 0 aromatic heterocycles. The van der Waals surface area contributed by atoms with Crippen molar-refractivity contribution < 1.29 is 27.2 Å². The number of alkyl halides is 3. The molecule has 1 aliphatic heterocycles. The number of benzene rings is 2. The fraction of sp³-hybridized carbons (Fsp3) is 0.300. The zero-order valence-corrected chi connectivity index (χ0v) is 15.9. The summed E-state index contributed by atoms with van der Waals surface area (Å²) in [4.78, 5) is 28.0. The number of piperazine rings is 1. The topological polar surface area (TPSA) is 40.6 Å². The van der Waals surface area contributed by atoms with Crippen molar-refractivity contribution in [3.8, 4) is 0 Å². The van der Waals surface area contributed by atoms with Gasteiger partial charge in [0.15, 0.2) is 0 Å². The fourth-order valence-electron chi connectivity index (χ4n) is 3.14. The zero-order valence-electron chi connectivity index (χ0n) is 15.2. The maximum atomic E-state index is 13.1. The molecule has 0 unspecified atom stereocenters. The molecule has 0 N–H and O–H groups in total. The Bertz CT molecular complexity index is 925. The summed E-state index contributed by atoms with van der Waals surface area (Å²) >= 11 is 5.93. The van der Waals surface area contributed by atoms with E-state index in [0.29, 0.717) is 0 Å². The molecule has 2 aromatic rings. The van der Waals surface area contributed by atoms with Crippen LogP contribution < -0.4 is 0 Å². The Kier molecular flexibility index (Phi) is 6.12. The Morgan fingerprint density at radius 2 is 1.62 bits per heavy atom. The maximum absolute atomic E-state index is 13.1. The molecule has 1 heterocycles. The van der Waals surface area contributed by atoms with E-state index in [-0.39, 0.29) is 60.6 Å². The second-order valence-corrected chi connectivity index (χ2v) is 7.08. The van der Waals surface area contributed by atoms with Crippen LogP contribution in [0.1, 0.15) is 21.5 Å². The van der Waals surface area contributed by atoms with Crippen LogP contribution in [0, 0.1) is 5.82 Å². The number of hydrogen-bond acceptors (Lipinski definition) is 2. The average molecular weight is 429 g/mol. The summed E-state index contributed by atoms with van der Waals surface area (Å²) in [6.45, 7) is 1.01. The van der Waals surface area contributed by atoms with E-state index >= 15 is 0 Å². The van der Waals surface area contributed by atoms with Gasteiger partial charge in [-0.25, -0.2) is 4.39 Å². The molecule has 154 valence electrons. The number of hydrogen-bond donors (Lipinski definition) is 0. The number of halogens is 5. The third-order valence-electron chi connectivity index (χ3n) is 4.69. The molecule has 1 aliphatic rings. The predicted molar refractivity (Wildman–Crippen MR) is 99.0 cm³/mol. The molecule has 0 radical (unpaired) electrons. The van der Waals surface area contributed by atoms with Crippen LogP contribution in [0.5, 0.6) is 0 Å². The summed E-state index contributed by atoms with van der Waals surface area (Å²) in [6, 6.07) is 8.19.